The Morgan fingerprint density at radius 3 is 2.38 bits per heavy atom. The maximum absolute atomic E-state index is 12.0. The molecule has 1 aliphatic heterocycles. The number of hydrogen-bond acceptors (Lipinski definition) is 6. The monoisotopic (exact) mass is 358 g/mol. The van der Waals surface area contributed by atoms with Gasteiger partial charge in [-0.15, -0.1) is 0 Å². The Kier molecular flexibility index (Phi) is 4.90. The molecule has 0 saturated carbocycles. The van der Waals surface area contributed by atoms with Crippen LogP contribution in [0, 0.1) is 17.0 Å². The van der Waals surface area contributed by atoms with Gasteiger partial charge in [-0.05, 0) is 12.5 Å². The van der Waals surface area contributed by atoms with Crippen molar-refractivity contribution in [3.63, 3.8) is 0 Å². The molecule has 1 amide bonds. The second-order valence-electron chi connectivity index (χ2n) is 6.38. The number of piperazine rings is 1. The van der Waals surface area contributed by atoms with Gasteiger partial charge in [-0.3, -0.25) is 19.8 Å². The van der Waals surface area contributed by atoms with Crippen molar-refractivity contribution in [1.82, 2.24) is 14.7 Å². The van der Waals surface area contributed by atoms with Gasteiger partial charge in [0.1, 0.15) is 11.7 Å². The number of amides is 1. The Balaban J connectivity index is 1.79. The lowest BCUT2D eigenvalue weighted by Gasteiger charge is -2.38. The van der Waals surface area contributed by atoms with Crippen LogP contribution < -0.4 is 10.6 Å². The van der Waals surface area contributed by atoms with Gasteiger partial charge in [0.15, 0.2) is 0 Å². The van der Waals surface area contributed by atoms with Gasteiger partial charge in [-0.1, -0.05) is 30.3 Å². The van der Waals surface area contributed by atoms with Gasteiger partial charge in [0.25, 0.3) is 0 Å². The van der Waals surface area contributed by atoms with E-state index in [1.54, 1.807) is 18.7 Å². The van der Waals surface area contributed by atoms with Gasteiger partial charge in [0.2, 0.25) is 11.7 Å². The number of carbonyl (C=O) groups excluding carboxylic acids is 1. The molecule has 26 heavy (non-hydrogen) atoms. The van der Waals surface area contributed by atoms with Gasteiger partial charge in [-0.2, -0.15) is 5.10 Å². The summed E-state index contributed by atoms with van der Waals surface area (Å²) in [7, 11) is 1.71. The standard InChI is InChI=1S/C17H22N6O3/c1-12-14(23(25)26)17(20(2)19-12)22-10-8-21(9-11-22)15(16(18)24)13-6-4-3-5-7-13/h3-7,15H,8-11H2,1-2H3,(H2,18,24). The second-order valence-corrected chi connectivity index (χ2v) is 6.38. The number of nitro groups is 1. The van der Waals surface area contributed by atoms with E-state index in [4.69, 9.17) is 5.73 Å². The van der Waals surface area contributed by atoms with Crippen LogP contribution in [0.4, 0.5) is 11.5 Å². The number of carbonyl (C=O) groups is 1. The van der Waals surface area contributed by atoms with Gasteiger partial charge in [0, 0.05) is 33.2 Å². The van der Waals surface area contributed by atoms with Crippen LogP contribution in [0.5, 0.6) is 0 Å². The normalized spacial score (nSPS) is 16.5. The van der Waals surface area contributed by atoms with Crippen LogP contribution in [0.3, 0.4) is 0 Å². The van der Waals surface area contributed by atoms with Crippen molar-refractivity contribution < 1.29 is 9.72 Å². The summed E-state index contributed by atoms with van der Waals surface area (Å²) in [4.78, 5) is 27.0. The van der Waals surface area contributed by atoms with E-state index in [-0.39, 0.29) is 10.6 Å². The summed E-state index contributed by atoms with van der Waals surface area (Å²) in [5, 5.41) is 15.6. The minimum Gasteiger partial charge on any atom is -0.368 e. The van der Waals surface area contributed by atoms with Crippen LogP contribution in [-0.2, 0) is 11.8 Å². The largest absolute Gasteiger partial charge is 0.368 e. The predicted octanol–water partition coefficient (Wildman–Crippen LogP) is 0.985. The van der Waals surface area contributed by atoms with E-state index in [1.165, 1.54) is 0 Å². The summed E-state index contributed by atoms with van der Waals surface area (Å²) >= 11 is 0. The molecule has 1 aliphatic rings. The van der Waals surface area contributed by atoms with Crippen molar-refractivity contribution in [1.29, 1.82) is 0 Å². The highest BCUT2D eigenvalue weighted by Crippen LogP contribution is 2.32. The number of nitrogens with zero attached hydrogens (tertiary/aromatic N) is 5. The molecule has 0 aliphatic carbocycles. The van der Waals surface area contributed by atoms with Gasteiger partial charge in [-0.25, -0.2) is 4.68 Å². The molecular formula is C17H22N6O3. The molecule has 1 unspecified atom stereocenters. The molecule has 1 fully saturated rings. The molecule has 1 aromatic carbocycles. The van der Waals surface area contributed by atoms with Crippen molar-refractivity contribution in [3.05, 3.63) is 51.7 Å². The average Bonchev–Trinajstić information content (AvgIpc) is 2.90. The number of benzene rings is 1. The fourth-order valence-electron chi connectivity index (χ4n) is 3.59. The number of anilines is 1. The van der Waals surface area contributed by atoms with Crippen molar-refractivity contribution >= 4 is 17.4 Å². The van der Waals surface area contributed by atoms with Crippen LogP contribution in [0.15, 0.2) is 30.3 Å². The summed E-state index contributed by atoms with van der Waals surface area (Å²) in [6.45, 7) is 3.89. The predicted molar refractivity (Wildman–Crippen MR) is 96.8 cm³/mol. The van der Waals surface area contributed by atoms with Crippen LogP contribution in [-0.4, -0.2) is 51.7 Å². The molecule has 1 saturated heterocycles. The molecule has 3 rings (SSSR count). The molecule has 0 radical (unpaired) electrons. The molecule has 2 N–H and O–H groups in total. The van der Waals surface area contributed by atoms with Crippen LogP contribution in [0.25, 0.3) is 0 Å². The SMILES string of the molecule is Cc1nn(C)c(N2CCN(C(C(N)=O)c3ccccc3)CC2)c1[N+](=O)[O-]. The lowest BCUT2D eigenvalue weighted by Crippen LogP contribution is -2.50. The Morgan fingerprint density at radius 1 is 1.23 bits per heavy atom. The highest BCUT2D eigenvalue weighted by Gasteiger charge is 2.33. The fraction of sp³-hybridized carbons (Fsp3) is 0.412. The number of aromatic nitrogens is 2. The number of rotatable bonds is 5. The maximum Gasteiger partial charge on any atom is 0.333 e. The van der Waals surface area contributed by atoms with Gasteiger partial charge < -0.3 is 10.6 Å². The smallest absolute Gasteiger partial charge is 0.333 e. The van der Waals surface area contributed by atoms with Gasteiger partial charge in [0.05, 0.1) is 4.92 Å². The molecular weight excluding hydrogens is 336 g/mol. The molecule has 9 heteroatoms. The second kappa shape index (κ2) is 7.12. The van der Waals surface area contributed by atoms with E-state index in [0.717, 1.165) is 5.56 Å². The first kappa shape index (κ1) is 17.9. The first-order valence-corrected chi connectivity index (χ1v) is 8.41. The number of nitrogens with two attached hydrogens (primary N) is 1. The summed E-state index contributed by atoms with van der Waals surface area (Å²) in [5.74, 6) is 0.106. The quantitative estimate of drug-likeness (QED) is 0.630. The minimum atomic E-state index is -0.499. The van der Waals surface area contributed by atoms with Crippen LogP contribution >= 0.6 is 0 Å². The summed E-state index contributed by atoms with van der Waals surface area (Å²) in [6, 6.07) is 8.92. The molecule has 138 valence electrons. The van der Waals surface area contributed by atoms with E-state index in [1.807, 2.05) is 40.1 Å². The molecule has 1 aromatic heterocycles. The molecule has 2 heterocycles. The van der Waals surface area contributed by atoms with Crippen LogP contribution in [0.1, 0.15) is 17.3 Å². The minimum absolute atomic E-state index is 0.0375. The van der Waals surface area contributed by atoms with E-state index in [2.05, 4.69) is 5.10 Å². The Hall–Kier alpha value is -2.94. The van der Waals surface area contributed by atoms with Crippen molar-refractivity contribution in [2.75, 3.05) is 31.1 Å². The lowest BCUT2D eigenvalue weighted by atomic mass is 10.0. The zero-order valence-electron chi connectivity index (χ0n) is 14.8. The number of primary amides is 1. The highest BCUT2D eigenvalue weighted by atomic mass is 16.6. The van der Waals surface area contributed by atoms with Gasteiger partial charge >= 0.3 is 5.69 Å². The van der Waals surface area contributed by atoms with Crippen molar-refractivity contribution in [2.45, 2.75) is 13.0 Å². The average molecular weight is 358 g/mol. The summed E-state index contributed by atoms with van der Waals surface area (Å²) < 4.78 is 1.55. The summed E-state index contributed by atoms with van der Waals surface area (Å²) in [5.41, 5.74) is 6.93. The maximum atomic E-state index is 12.0. The molecule has 0 spiro atoms. The zero-order chi connectivity index (χ0) is 18.8. The molecule has 9 nitrogen and oxygen atoms in total. The molecule has 0 bridgehead atoms. The fourth-order valence-corrected chi connectivity index (χ4v) is 3.59. The Labute approximate surface area is 151 Å². The third kappa shape index (κ3) is 3.25. The number of aryl methyl sites for hydroxylation is 2. The number of hydrogen-bond donors (Lipinski definition) is 1. The zero-order valence-corrected chi connectivity index (χ0v) is 14.8. The van der Waals surface area contributed by atoms with E-state index in [0.29, 0.717) is 37.7 Å². The van der Waals surface area contributed by atoms with E-state index < -0.39 is 11.9 Å². The highest BCUT2D eigenvalue weighted by molar-refractivity contribution is 5.81. The van der Waals surface area contributed by atoms with E-state index >= 15 is 0 Å². The third-order valence-electron chi connectivity index (χ3n) is 4.71. The van der Waals surface area contributed by atoms with Crippen molar-refractivity contribution in [3.8, 4) is 0 Å². The van der Waals surface area contributed by atoms with Crippen molar-refractivity contribution in [2.24, 2.45) is 12.8 Å². The topological polar surface area (TPSA) is 111 Å². The Bertz CT molecular complexity index is 811. The molecule has 1 atom stereocenters. The first-order valence-electron chi connectivity index (χ1n) is 8.41. The Morgan fingerprint density at radius 2 is 1.85 bits per heavy atom. The van der Waals surface area contributed by atoms with E-state index in [9.17, 15) is 14.9 Å². The third-order valence-corrected chi connectivity index (χ3v) is 4.71. The summed E-state index contributed by atoms with van der Waals surface area (Å²) in [6.07, 6.45) is 0. The lowest BCUT2D eigenvalue weighted by molar-refractivity contribution is -0.384. The first-order chi connectivity index (χ1) is 12.4. The molecule has 2 aromatic rings. The van der Waals surface area contributed by atoms with Crippen LogP contribution in [0.2, 0.25) is 0 Å².